The Bertz CT molecular complexity index is 668. The van der Waals surface area contributed by atoms with Gasteiger partial charge in [-0.15, -0.1) is 0 Å². The molecule has 3 rings (SSSR count). The van der Waals surface area contributed by atoms with E-state index in [-0.39, 0.29) is 11.5 Å². The van der Waals surface area contributed by atoms with E-state index in [1.54, 1.807) is 19.3 Å². The zero-order valence-electron chi connectivity index (χ0n) is 15.9. The molecular weight excluding hydrogens is 332 g/mol. The van der Waals surface area contributed by atoms with E-state index in [9.17, 15) is 9.59 Å². The zero-order valence-corrected chi connectivity index (χ0v) is 15.9. The van der Waals surface area contributed by atoms with Crippen molar-refractivity contribution in [1.29, 1.82) is 0 Å². The number of anilines is 1. The minimum absolute atomic E-state index is 0.0950. The highest BCUT2D eigenvalue weighted by atomic mass is 16.2. The van der Waals surface area contributed by atoms with Gasteiger partial charge in [0.05, 0.1) is 18.4 Å². The molecule has 2 aliphatic rings. The fourth-order valence-electron chi connectivity index (χ4n) is 3.65. The van der Waals surface area contributed by atoms with Crippen LogP contribution in [0, 0.1) is 5.92 Å². The third-order valence-electron chi connectivity index (χ3n) is 5.47. The van der Waals surface area contributed by atoms with E-state index >= 15 is 0 Å². The first-order valence-electron chi connectivity index (χ1n) is 9.55. The van der Waals surface area contributed by atoms with Crippen molar-refractivity contribution in [3.63, 3.8) is 0 Å². The van der Waals surface area contributed by atoms with Crippen LogP contribution in [0.25, 0.3) is 0 Å². The van der Waals surface area contributed by atoms with Crippen molar-refractivity contribution in [1.82, 2.24) is 24.9 Å². The molecule has 2 aliphatic heterocycles. The van der Waals surface area contributed by atoms with E-state index in [4.69, 9.17) is 0 Å². The van der Waals surface area contributed by atoms with E-state index in [0.717, 1.165) is 57.9 Å². The van der Waals surface area contributed by atoms with Crippen LogP contribution in [-0.2, 0) is 11.8 Å². The molecule has 1 N–H and O–H groups in total. The predicted octanol–water partition coefficient (Wildman–Crippen LogP) is -0.640. The summed E-state index contributed by atoms with van der Waals surface area (Å²) in [5, 5.41) is 7.17. The summed E-state index contributed by atoms with van der Waals surface area (Å²) < 4.78 is 1.33. The number of nitrogens with one attached hydrogen (secondary N) is 1. The molecule has 3 heterocycles. The number of nitrogens with zero attached hydrogens (tertiary/aromatic N) is 5. The average molecular weight is 362 g/mol. The molecule has 0 unspecified atom stereocenters. The van der Waals surface area contributed by atoms with Crippen LogP contribution in [0.15, 0.2) is 17.1 Å². The summed E-state index contributed by atoms with van der Waals surface area (Å²) in [6.45, 7) is 10.2. The fourth-order valence-corrected chi connectivity index (χ4v) is 3.65. The second-order valence-electron chi connectivity index (χ2n) is 7.29. The van der Waals surface area contributed by atoms with E-state index in [1.165, 1.54) is 4.68 Å². The minimum Gasteiger partial charge on any atom is -0.370 e. The Labute approximate surface area is 154 Å². The van der Waals surface area contributed by atoms with Gasteiger partial charge in [0, 0.05) is 58.9 Å². The maximum absolute atomic E-state index is 12.2. The molecule has 8 nitrogen and oxygen atoms in total. The highest BCUT2D eigenvalue weighted by molar-refractivity contribution is 5.78. The normalized spacial score (nSPS) is 21.9. The molecule has 144 valence electrons. The van der Waals surface area contributed by atoms with Crippen LogP contribution in [0.4, 0.5) is 5.69 Å². The maximum Gasteiger partial charge on any atom is 0.268 e. The summed E-state index contributed by atoms with van der Waals surface area (Å²) in [6, 6.07) is 1.63. The molecule has 8 heteroatoms. The smallest absolute Gasteiger partial charge is 0.268 e. The number of aryl methyl sites for hydroxylation is 1. The number of aromatic nitrogens is 2. The molecule has 0 aromatic carbocycles. The first-order valence-corrected chi connectivity index (χ1v) is 9.55. The lowest BCUT2D eigenvalue weighted by Gasteiger charge is -2.33. The number of rotatable bonds is 6. The number of amides is 1. The van der Waals surface area contributed by atoms with E-state index in [2.05, 4.69) is 32.0 Å². The van der Waals surface area contributed by atoms with Crippen LogP contribution in [0.1, 0.15) is 13.3 Å². The van der Waals surface area contributed by atoms with E-state index in [1.807, 2.05) is 0 Å². The van der Waals surface area contributed by atoms with Crippen LogP contribution < -0.4 is 15.8 Å². The van der Waals surface area contributed by atoms with Crippen LogP contribution in [-0.4, -0.2) is 84.4 Å². The van der Waals surface area contributed by atoms with Gasteiger partial charge in [0.2, 0.25) is 5.91 Å². The lowest BCUT2D eigenvalue weighted by atomic mass is 10.1. The van der Waals surface area contributed by atoms with Gasteiger partial charge < -0.3 is 15.1 Å². The highest BCUT2D eigenvalue weighted by Crippen LogP contribution is 2.21. The van der Waals surface area contributed by atoms with Crippen molar-refractivity contribution < 1.29 is 4.79 Å². The van der Waals surface area contributed by atoms with Crippen molar-refractivity contribution in [2.24, 2.45) is 13.0 Å². The van der Waals surface area contributed by atoms with Gasteiger partial charge in [-0.25, -0.2) is 4.68 Å². The third-order valence-corrected chi connectivity index (χ3v) is 5.47. The summed E-state index contributed by atoms with van der Waals surface area (Å²) >= 11 is 0. The highest BCUT2D eigenvalue weighted by Gasteiger charge is 2.24. The van der Waals surface area contributed by atoms with Crippen LogP contribution in [0.3, 0.4) is 0 Å². The molecule has 1 aromatic heterocycles. The van der Waals surface area contributed by atoms with Crippen LogP contribution in [0.5, 0.6) is 0 Å². The summed E-state index contributed by atoms with van der Waals surface area (Å²) in [5.74, 6) is 0.531. The third kappa shape index (κ3) is 4.82. The quantitative estimate of drug-likeness (QED) is 0.726. The largest absolute Gasteiger partial charge is 0.370 e. The average Bonchev–Trinajstić information content (AvgIpc) is 3.12. The number of hydrogen-bond donors (Lipinski definition) is 1. The molecule has 0 bridgehead atoms. The molecule has 0 saturated carbocycles. The molecule has 2 fully saturated rings. The second kappa shape index (κ2) is 8.64. The molecule has 0 spiro atoms. The van der Waals surface area contributed by atoms with Gasteiger partial charge in [0.1, 0.15) is 0 Å². The van der Waals surface area contributed by atoms with E-state index < -0.39 is 0 Å². The number of likely N-dealkylation sites (N-methyl/N-ethyl adjacent to an activating group) is 1. The van der Waals surface area contributed by atoms with Crippen molar-refractivity contribution in [2.45, 2.75) is 13.3 Å². The SMILES string of the molecule is CCN1CCN(CC(=O)NC[C@H]2CCN(c3cnn(C)c(=O)c3)C2)CC1. The standard InChI is InChI=1S/C18H30N6O2/c1-3-22-6-8-23(9-7-22)14-17(25)19-11-15-4-5-24(13-15)16-10-18(26)21(2)20-12-16/h10,12,15H,3-9,11,13-14H2,1-2H3,(H,19,25)/t15-/m1/s1. The summed E-state index contributed by atoms with van der Waals surface area (Å²) in [6.07, 6.45) is 2.75. The van der Waals surface area contributed by atoms with E-state index in [0.29, 0.717) is 19.0 Å². The van der Waals surface area contributed by atoms with Gasteiger partial charge in [-0.2, -0.15) is 5.10 Å². The Morgan fingerprint density at radius 2 is 1.96 bits per heavy atom. The Morgan fingerprint density at radius 3 is 2.65 bits per heavy atom. The molecule has 1 atom stereocenters. The molecule has 1 aromatic rings. The summed E-state index contributed by atoms with van der Waals surface area (Å²) in [5.41, 5.74) is 0.776. The van der Waals surface area contributed by atoms with Crippen molar-refractivity contribution in [2.75, 3.05) is 63.8 Å². The number of piperazine rings is 1. The van der Waals surface area contributed by atoms with Gasteiger partial charge in [-0.1, -0.05) is 6.92 Å². The lowest BCUT2D eigenvalue weighted by Crippen LogP contribution is -2.49. The molecule has 26 heavy (non-hydrogen) atoms. The number of carbonyl (C=O) groups is 1. The van der Waals surface area contributed by atoms with Gasteiger partial charge in [0.25, 0.3) is 5.56 Å². The van der Waals surface area contributed by atoms with Crippen molar-refractivity contribution in [3.05, 3.63) is 22.6 Å². The van der Waals surface area contributed by atoms with Crippen molar-refractivity contribution >= 4 is 11.6 Å². The van der Waals surface area contributed by atoms with Gasteiger partial charge in [0.15, 0.2) is 0 Å². The van der Waals surface area contributed by atoms with Crippen LogP contribution >= 0.6 is 0 Å². The first kappa shape index (κ1) is 18.8. The number of carbonyl (C=O) groups excluding carboxylic acids is 1. The summed E-state index contributed by atoms with van der Waals surface area (Å²) in [4.78, 5) is 30.8. The molecular formula is C18H30N6O2. The lowest BCUT2D eigenvalue weighted by molar-refractivity contribution is -0.122. The molecule has 2 saturated heterocycles. The minimum atomic E-state index is -0.0950. The molecule has 0 radical (unpaired) electrons. The monoisotopic (exact) mass is 362 g/mol. The molecule has 0 aliphatic carbocycles. The maximum atomic E-state index is 12.2. The Morgan fingerprint density at radius 1 is 1.23 bits per heavy atom. The van der Waals surface area contributed by atoms with Crippen LogP contribution in [0.2, 0.25) is 0 Å². The zero-order chi connectivity index (χ0) is 18.5. The Hall–Kier alpha value is -1.93. The van der Waals surface area contributed by atoms with Gasteiger partial charge >= 0.3 is 0 Å². The number of hydrogen-bond acceptors (Lipinski definition) is 6. The Balaban J connectivity index is 1.39. The van der Waals surface area contributed by atoms with Gasteiger partial charge in [-0.05, 0) is 18.9 Å². The summed E-state index contributed by atoms with van der Waals surface area (Å²) in [7, 11) is 1.65. The topological polar surface area (TPSA) is 73.7 Å². The molecule has 1 amide bonds. The van der Waals surface area contributed by atoms with Crippen molar-refractivity contribution in [3.8, 4) is 0 Å². The van der Waals surface area contributed by atoms with Gasteiger partial charge in [-0.3, -0.25) is 14.5 Å². The first-order chi connectivity index (χ1) is 12.5. The predicted molar refractivity (Wildman–Crippen MR) is 101 cm³/mol. The Kier molecular flexibility index (Phi) is 6.26. The second-order valence-corrected chi connectivity index (χ2v) is 7.29. The fraction of sp³-hybridized carbons (Fsp3) is 0.722.